The van der Waals surface area contributed by atoms with Crippen molar-refractivity contribution < 1.29 is 9.13 Å². The Labute approximate surface area is 121 Å². The zero-order valence-corrected chi connectivity index (χ0v) is 12.5. The number of nitrogens with zero attached hydrogens (tertiary/aromatic N) is 1. The lowest BCUT2D eigenvalue weighted by Gasteiger charge is -2.32. The van der Waals surface area contributed by atoms with Crippen molar-refractivity contribution in [2.24, 2.45) is 0 Å². The van der Waals surface area contributed by atoms with Crippen LogP contribution in [0.3, 0.4) is 0 Å². The molecule has 0 bridgehead atoms. The second-order valence-electron chi connectivity index (χ2n) is 5.42. The molecule has 1 aromatic carbocycles. The third-order valence-corrected chi connectivity index (χ3v) is 3.96. The lowest BCUT2D eigenvalue weighted by atomic mass is 10.0. The molecule has 0 spiro atoms. The average molecular weight is 280 g/mol. The Kier molecular flexibility index (Phi) is 5.65. The molecule has 1 atom stereocenters. The zero-order chi connectivity index (χ0) is 14.4. The maximum Gasteiger partial charge on any atom is 0.167 e. The molecular formula is C16H25FN2O. The first-order valence-corrected chi connectivity index (χ1v) is 7.57. The highest BCUT2D eigenvalue weighted by Gasteiger charge is 2.18. The van der Waals surface area contributed by atoms with E-state index in [1.807, 2.05) is 13.0 Å². The fourth-order valence-corrected chi connectivity index (χ4v) is 2.78. The SMILES string of the molecule is CCOc1ccc(NCCC2CCCCN2C)cc1F. The Bertz CT molecular complexity index is 425. The number of piperidine rings is 1. The lowest BCUT2D eigenvalue weighted by molar-refractivity contribution is 0.179. The van der Waals surface area contributed by atoms with Crippen LogP contribution in [0.25, 0.3) is 0 Å². The largest absolute Gasteiger partial charge is 0.491 e. The topological polar surface area (TPSA) is 24.5 Å². The highest BCUT2D eigenvalue weighted by atomic mass is 19.1. The number of hydrogen-bond donors (Lipinski definition) is 1. The minimum atomic E-state index is -0.299. The maximum absolute atomic E-state index is 13.7. The highest BCUT2D eigenvalue weighted by molar-refractivity contribution is 5.47. The second-order valence-corrected chi connectivity index (χ2v) is 5.42. The predicted molar refractivity (Wildman–Crippen MR) is 80.9 cm³/mol. The number of likely N-dealkylation sites (tertiary alicyclic amines) is 1. The quantitative estimate of drug-likeness (QED) is 0.863. The average Bonchev–Trinajstić information content (AvgIpc) is 2.44. The van der Waals surface area contributed by atoms with Crippen molar-refractivity contribution in [1.29, 1.82) is 0 Å². The van der Waals surface area contributed by atoms with E-state index in [4.69, 9.17) is 4.74 Å². The van der Waals surface area contributed by atoms with Crippen molar-refractivity contribution >= 4 is 5.69 Å². The monoisotopic (exact) mass is 280 g/mol. The highest BCUT2D eigenvalue weighted by Crippen LogP contribution is 2.22. The van der Waals surface area contributed by atoms with Crippen LogP contribution < -0.4 is 10.1 Å². The number of rotatable bonds is 6. The molecule has 0 aliphatic carbocycles. The summed E-state index contributed by atoms with van der Waals surface area (Å²) in [6.45, 7) is 4.41. The van der Waals surface area contributed by atoms with Crippen LogP contribution in [-0.2, 0) is 0 Å². The number of ether oxygens (including phenoxy) is 1. The minimum Gasteiger partial charge on any atom is -0.491 e. The smallest absolute Gasteiger partial charge is 0.167 e. The van der Waals surface area contributed by atoms with Gasteiger partial charge >= 0.3 is 0 Å². The standard InChI is InChI=1S/C16H25FN2O/c1-3-20-16-8-7-13(12-15(16)17)18-10-9-14-6-4-5-11-19(14)2/h7-8,12,14,18H,3-6,9-11H2,1-2H3. The van der Waals surface area contributed by atoms with Crippen LogP contribution >= 0.6 is 0 Å². The van der Waals surface area contributed by atoms with Crippen molar-refractivity contribution in [1.82, 2.24) is 4.90 Å². The summed E-state index contributed by atoms with van der Waals surface area (Å²) in [5, 5.41) is 3.30. The second kappa shape index (κ2) is 7.48. The molecule has 3 nitrogen and oxygen atoms in total. The van der Waals surface area contributed by atoms with Gasteiger partial charge in [-0.15, -0.1) is 0 Å². The van der Waals surface area contributed by atoms with E-state index in [1.54, 1.807) is 6.07 Å². The molecule has 1 N–H and O–H groups in total. The molecule has 4 heteroatoms. The molecule has 1 aliphatic rings. The fourth-order valence-electron chi connectivity index (χ4n) is 2.78. The Morgan fingerprint density at radius 1 is 1.40 bits per heavy atom. The summed E-state index contributed by atoms with van der Waals surface area (Å²) < 4.78 is 18.9. The van der Waals surface area contributed by atoms with Gasteiger partial charge < -0.3 is 15.0 Å². The molecule has 20 heavy (non-hydrogen) atoms. The van der Waals surface area contributed by atoms with Gasteiger partial charge in [-0.1, -0.05) is 6.42 Å². The third-order valence-electron chi connectivity index (χ3n) is 3.96. The molecule has 1 aromatic rings. The molecule has 1 heterocycles. The first-order valence-electron chi connectivity index (χ1n) is 7.57. The van der Waals surface area contributed by atoms with E-state index in [-0.39, 0.29) is 5.82 Å². The van der Waals surface area contributed by atoms with E-state index in [0.29, 0.717) is 18.4 Å². The van der Waals surface area contributed by atoms with Gasteiger partial charge in [0.2, 0.25) is 0 Å². The molecule has 0 saturated carbocycles. The van der Waals surface area contributed by atoms with Crippen molar-refractivity contribution in [2.75, 3.05) is 32.1 Å². The molecule has 1 saturated heterocycles. The van der Waals surface area contributed by atoms with E-state index in [1.165, 1.54) is 31.9 Å². The Morgan fingerprint density at radius 3 is 2.95 bits per heavy atom. The van der Waals surface area contributed by atoms with Crippen LogP contribution in [0.4, 0.5) is 10.1 Å². The van der Waals surface area contributed by atoms with Gasteiger partial charge in [0.05, 0.1) is 6.61 Å². The number of benzene rings is 1. The maximum atomic E-state index is 13.7. The molecule has 0 amide bonds. The molecule has 2 rings (SSSR count). The van der Waals surface area contributed by atoms with Crippen LogP contribution in [0, 0.1) is 5.82 Å². The third kappa shape index (κ3) is 4.10. The van der Waals surface area contributed by atoms with Crippen LogP contribution in [0.15, 0.2) is 18.2 Å². The Hall–Kier alpha value is -1.29. The van der Waals surface area contributed by atoms with Gasteiger partial charge in [-0.2, -0.15) is 0 Å². The summed E-state index contributed by atoms with van der Waals surface area (Å²) in [4.78, 5) is 2.43. The summed E-state index contributed by atoms with van der Waals surface area (Å²) in [6.07, 6.45) is 5.01. The van der Waals surface area contributed by atoms with Crippen LogP contribution in [0.2, 0.25) is 0 Å². The molecule has 1 unspecified atom stereocenters. The molecule has 0 aromatic heterocycles. The molecule has 1 aliphatic heterocycles. The van der Waals surface area contributed by atoms with Gasteiger partial charge in [0.15, 0.2) is 11.6 Å². The first kappa shape index (κ1) is 15.1. The van der Waals surface area contributed by atoms with Gasteiger partial charge in [0.25, 0.3) is 0 Å². The van der Waals surface area contributed by atoms with Crippen LogP contribution in [-0.4, -0.2) is 37.7 Å². The van der Waals surface area contributed by atoms with E-state index in [2.05, 4.69) is 17.3 Å². The first-order chi connectivity index (χ1) is 9.70. The Morgan fingerprint density at radius 2 is 2.25 bits per heavy atom. The fraction of sp³-hybridized carbons (Fsp3) is 0.625. The lowest BCUT2D eigenvalue weighted by Crippen LogP contribution is -2.37. The summed E-state index contributed by atoms with van der Waals surface area (Å²) in [7, 11) is 2.19. The van der Waals surface area contributed by atoms with Gasteiger partial charge in [-0.05, 0) is 51.9 Å². The van der Waals surface area contributed by atoms with Gasteiger partial charge in [0, 0.05) is 24.3 Å². The van der Waals surface area contributed by atoms with Crippen LogP contribution in [0.5, 0.6) is 5.75 Å². The number of hydrogen-bond acceptors (Lipinski definition) is 3. The van der Waals surface area contributed by atoms with Gasteiger partial charge in [0.1, 0.15) is 0 Å². The molecule has 1 fully saturated rings. The van der Waals surface area contributed by atoms with E-state index < -0.39 is 0 Å². The molecule has 0 radical (unpaired) electrons. The minimum absolute atomic E-state index is 0.299. The summed E-state index contributed by atoms with van der Waals surface area (Å²) in [6, 6.07) is 5.73. The number of nitrogens with one attached hydrogen (secondary N) is 1. The Balaban J connectivity index is 1.80. The number of anilines is 1. The van der Waals surface area contributed by atoms with Gasteiger partial charge in [-0.25, -0.2) is 4.39 Å². The van der Waals surface area contributed by atoms with E-state index >= 15 is 0 Å². The van der Waals surface area contributed by atoms with Crippen molar-refractivity contribution in [3.05, 3.63) is 24.0 Å². The predicted octanol–water partition coefficient (Wildman–Crippen LogP) is 3.51. The zero-order valence-electron chi connectivity index (χ0n) is 12.5. The molecular weight excluding hydrogens is 255 g/mol. The summed E-state index contributed by atoms with van der Waals surface area (Å²) in [5.74, 6) is 0.0247. The van der Waals surface area contributed by atoms with E-state index in [9.17, 15) is 4.39 Å². The van der Waals surface area contributed by atoms with Crippen molar-refractivity contribution in [3.63, 3.8) is 0 Å². The number of halogens is 1. The summed E-state index contributed by atoms with van der Waals surface area (Å²) >= 11 is 0. The van der Waals surface area contributed by atoms with E-state index in [0.717, 1.165) is 18.7 Å². The van der Waals surface area contributed by atoms with Crippen LogP contribution in [0.1, 0.15) is 32.6 Å². The normalized spacial score (nSPS) is 19.9. The summed E-state index contributed by atoms with van der Waals surface area (Å²) in [5.41, 5.74) is 0.824. The molecule has 112 valence electrons. The van der Waals surface area contributed by atoms with Crippen molar-refractivity contribution in [2.45, 2.75) is 38.6 Å². The van der Waals surface area contributed by atoms with Gasteiger partial charge in [-0.3, -0.25) is 0 Å². The van der Waals surface area contributed by atoms with Crippen molar-refractivity contribution in [3.8, 4) is 5.75 Å².